The number of para-hydroxylation sites is 1. The molecule has 0 aliphatic carbocycles. The molecule has 0 unspecified atom stereocenters. The monoisotopic (exact) mass is 442 g/mol. The summed E-state index contributed by atoms with van der Waals surface area (Å²) in [5, 5.41) is 5.30. The summed E-state index contributed by atoms with van der Waals surface area (Å²) in [6, 6.07) is 15.6. The van der Waals surface area contributed by atoms with Gasteiger partial charge in [0.1, 0.15) is 5.75 Å². The third-order valence-electron chi connectivity index (χ3n) is 3.67. The lowest BCUT2D eigenvalue weighted by Crippen LogP contribution is -2.07. The normalized spacial score (nSPS) is 10.9. The molecule has 0 atom stereocenters. The zero-order chi connectivity index (χ0) is 19.1. The first kappa shape index (κ1) is 19.3. The van der Waals surface area contributed by atoms with Gasteiger partial charge in [-0.2, -0.15) is 0 Å². The summed E-state index contributed by atoms with van der Waals surface area (Å²) >= 11 is 4.82. The molecule has 0 saturated heterocycles. The van der Waals surface area contributed by atoms with E-state index in [1.165, 1.54) is 17.4 Å². The summed E-state index contributed by atoms with van der Waals surface area (Å²) in [5.41, 5.74) is 2.72. The van der Waals surface area contributed by atoms with Gasteiger partial charge < -0.3 is 4.74 Å². The molecule has 0 saturated carbocycles. The van der Waals surface area contributed by atoms with E-state index in [-0.39, 0.29) is 5.91 Å². The minimum atomic E-state index is -0.225. The van der Waals surface area contributed by atoms with Crippen molar-refractivity contribution < 1.29 is 9.53 Å². The summed E-state index contributed by atoms with van der Waals surface area (Å²) in [6.45, 7) is 2.71. The molecule has 6 heteroatoms. The topological polar surface area (TPSA) is 51.2 Å². The molecule has 1 heterocycles. The van der Waals surface area contributed by atoms with Crippen LogP contribution in [0.5, 0.6) is 5.75 Å². The van der Waals surface area contributed by atoms with Gasteiger partial charge in [0.05, 0.1) is 12.3 Å². The highest BCUT2D eigenvalue weighted by molar-refractivity contribution is 9.10. The highest BCUT2D eigenvalue weighted by atomic mass is 79.9. The van der Waals surface area contributed by atoms with Crippen LogP contribution in [0, 0.1) is 0 Å². The van der Waals surface area contributed by atoms with Crippen LogP contribution in [0.15, 0.2) is 64.5 Å². The predicted octanol–water partition coefficient (Wildman–Crippen LogP) is 6.01. The van der Waals surface area contributed by atoms with Gasteiger partial charge in [-0.1, -0.05) is 53.2 Å². The number of hydrogen-bond acceptors (Lipinski definition) is 4. The number of aromatic nitrogens is 1. The Morgan fingerprint density at radius 1 is 1.22 bits per heavy atom. The van der Waals surface area contributed by atoms with Gasteiger partial charge in [0.15, 0.2) is 5.13 Å². The number of nitrogens with zero attached hydrogens (tertiary/aromatic N) is 1. The molecule has 0 radical (unpaired) electrons. The Labute approximate surface area is 171 Å². The summed E-state index contributed by atoms with van der Waals surface area (Å²) in [6.07, 6.45) is 4.18. The number of carbonyl (C=O) groups is 1. The largest absolute Gasteiger partial charge is 0.493 e. The van der Waals surface area contributed by atoms with Gasteiger partial charge in [-0.15, -0.1) is 11.3 Å². The maximum Gasteiger partial charge on any atom is 0.250 e. The quantitative estimate of drug-likeness (QED) is 0.455. The Morgan fingerprint density at radius 2 is 2.00 bits per heavy atom. The van der Waals surface area contributed by atoms with Crippen molar-refractivity contribution in [3.8, 4) is 17.0 Å². The van der Waals surface area contributed by atoms with Gasteiger partial charge in [-0.3, -0.25) is 10.1 Å². The van der Waals surface area contributed by atoms with Crippen LogP contribution in [-0.4, -0.2) is 17.5 Å². The van der Waals surface area contributed by atoms with Crippen molar-refractivity contribution in [2.75, 3.05) is 11.9 Å². The van der Waals surface area contributed by atoms with E-state index < -0.39 is 0 Å². The van der Waals surface area contributed by atoms with Crippen LogP contribution in [-0.2, 0) is 4.79 Å². The molecular formula is C21H19BrN2O2S. The third-order valence-corrected chi connectivity index (χ3v) is 4.96. The van der Waals surface area contributed by atoms with Crippen molar-refractivity contribution in [2.45, 2.75) is 13.3 Å². The van der Waals surface area contributed by atoms with Crippen molar-refractivity contribution in [2.24, 2.45) is 0 Å². The standard InChI is InChI=1S/C21H19BrN2O2S/c1-2-13-26-19-6-4-3-5-16(19)9-12-20(25)24-21-23-18(14-27-21)15-7-10-17(22)11-8-15/h3-12,14H,2,13H2,1H3,(H,23,24,25). The van der Waals surface area contributed by atoms with Crippen LogP contribution >= 0.6 is 27.3 Å². The van der Waals surface area contributed by atoms with E-state index >= 15 is 0 Å². The summed E-state index contributed by atoms with van der Waals surface area (Å²) < 4.78 is 6.72. The van der Waals surface area contributed by atoms with Crippen LogP contribution in [0.1, 0.15) is 18.9 Å². The minimum absolute atomic E-state index is 0.225. The molecular weight excluding hydrogens is 424 g/mol. The third kappa shape index (κ3) is 5.52. The number of hydrogen-bond donors (Lipinski definition) is 1. The Hall–Kier alpha value is -2.44. The molecule has 1 N–H and O–H groups in total. The number of rotatable bonds is 7. The first-order chi connectivity index (χ1) is 13.2. The Kier molecular flexibility index (Phi) is 6.79. The average molecular weight is 443 g/mol. The second-order valence-electron chi connectivity index (χ2n) is 5.75. The highest BCUT2D eigenvalue weighted by Crippen LogP contribution is 2.26. The fourth-order valence-corrected chi connectivity index (χ4v) is 3.35. The molecule has 0 aliphatic heterocycles. The molecule has 27 heavy (non-hydrogen) atoms. The Bertz CT molecular complexity index is 935. The average Bonchev–Trinajstić information content (AvgIpc) is 3.14. The number of thiazole rings is 1. The second kappa shape index (κ2) is 9.48. The highest BCUT2D eigenvalue weighted by Gasteiger charge is 2.07. The van der Waals surface area contributed by atoms with Crippen molar-refractivity contribution in [3.05, 3.63) is 70.0 Å². The number of nitrogens with one attached hydrogen (secondary N) is 1. The zero-order valence-corrected chi connectivity index (χ0v) is 17.2. The lowest BCUT2D eigenvalue weighted by molar-refractivity contribution is -0.111. The van der Waals surface area contributed by atoms with Crippen molar-refractivity contribution in [3.63, 3.8) is 0 Å². The molecule has 1 aromatic heterocycles. The van der Waals surface area contributed by atoms with Crippen LogP contribution in [0.2, 0.25) is 0 Å². The van der Waals surface area contributed by atoms with Gasteiger partial charge in [0, 0.05) is 27.1 Å². The summed E-state index contributed by atoms with van der Waals surface area (Å²) in [7, 11) is 0. The summed E-state index contributed by atoms with van der Waals surface area (Å²) in [4.78, 5) is 16.7. The molecule has 138 valence electrons. The molecule has 0 spiro atoms. The molecule has 1 amide bonds. The van der Waals surface area contributed by atoms with Crippen molar-refractivity contribution in [1.82, 2.24) is 4.98 Å². The van der Waals surface area contributed by atoms with Crippen LogP contribution in [0.4, 0.5) is 5.13 Å². The molecule has 0 bridgehead atoms. The van der Waals surface area contributed by atoms with E-state index in [4.69, 9.17) is 4.74 Å². The van der Waals surface area contributed by atoms with Crippen molar-refractivity contribution in [1.29, 1.82) is 0 Å². The smallest absolute Gasteiger partial charge is 0.250 e. The van der Waals surface area contributed by atoms with Gasteiger partial charge in [-0.25, -0.2) is 4.98 Å². The maximum absolute atomic E-state index is 12.2. The Balaban J connectivity index is 1.65. The lowest BCUT2D eigenvalue weighted by atomic mass is 10.2. The number of carbonyl (C=O) groups excluding carboxylic acids is 1. The first-order valence-electron chi connectivity index (χ1n) is 8.58. The van der Waals surface area contributed by atoms with Crippen LogP contribution < -0.4 is 10.1 Å². The minimum Gasteiger partial charge on any atom is -0.493 e. The molecule has 3 aromatic rings. The maximum atomic E-state index is 12.2. The lowest BCUT2D eigenvalue weighted by Gasteiger charge is -2.07. The van der Waals surface area contributed by atoms with Crippen LogP contribution in [0.3, 0.4) is 0 Å². The van der Waals surface area contributed by atoms with E-state index in [2.05, 4.69) is 33.2 Å². The van der Waals surface area contributed by atoms with Gasteiger partial charge in [-0.05, 0) is 30.7 Å². The fraction of sp³-hybridized carbons (Fsp3) is 0.143. The fourth-order valence-electron chi connectivity index (χ4n) is 2.36. The van der Waals surface area contributed by atoms with Gasteiger partial charge >= 0.3 is 0 Å². The number of benzene rings is 2. The van der Waals surface area contributed by atoms with E-state index in [0.717, 1.165) is 33.5 Å². The van der Waals surface area contributed by atoms with E-state index in [9.17, 15) is 4.79 Å². The predicted molar refractivity (Wildman–Crippen MR) is 115 cm³/mol. The van der Waals surface area contributed by atoms with E-state index in [1.807, 2.05) is 53.9 Å². The second-order valence-corrected chi connectivity index (χ2v) is 7.53. The number of amides is 1. The molecule has 0 aliphatic rings. The number of ether oxygens (including phenoxy) is 1. The van der Waals surface area contributed by atoms with E-state index in [1.54, 1.807) is 6.08 Å². The summed E-state index contributed by atoms with van der Waals surface area (Å²) in [5.74, 6) is 0.548. The SMILES string of the molecule is CCCOc1ccccc1C=CC(=O)Nc1nc(-c2ccc(Br)cc2)cs1. The zero-order valence-electron chi connectivity index (χ0n) is 14.8. The molecule has 4 nitrogen and oxygen atoms in total. The Morgan fingerprint density at radius 3 is 2.78 bits per heavy atom. The molecule has 0 fully saturated rings. The van der Waals surface area contributed by atoms with Gasteiger partial charge in [0.2, 0.25) is 5.91 Å². The number of anilines is 1. The molecule has 3 rings (SSSR count). The van der Waals surface area contributed by atoms with Crippen molar-refractivity contribution >= 4 is 44.4 Å². The van der Waals surface area contributed by atoms with Crippen LogP contribution in [0.25, 0.3) is 17.3 Å². The van der Waals surface area contributed by atoms with Gasteiger partial charge in [0.25, 0.3) is 0 Å². The molecule has 2 aromatic carbocycles. The first-order valence-corrected chi connectivity index (χ1v) is 10.3. The number of halogens is 1. The van der Waals surface area contributed by atoms with E-state index in [0.29, 0.717) is 11.7 Å².